The van der Waals surface area contributed by atoms with E-state index in [-0.39, 0.29) is 27.3 Å². The number of benzene rings is 2. The Hall–Kier alpha value is -2.52. The first-order valence-corrected chi connectivity index (χ1v) is 10.2. The second-order valence-electron chi connectivity index (χ2n) is 5.40. The summed E-state index contributed by atoms with van der Waals surface area (Å²) in [6, 6.07) is 10.4. The molecule has 2 aromatic rings. The predicted molar refractivity (Wildman–Crippen MR) is 104 cm³/mol. The number of Topliss-reactive ketones (excluding diaryl/α,β-unsaturated/α-hetero) is 1. The molecule has 0 aliphatic rings. The number of rotatable bonds is 8. The SMILES string of the molecule is COc1ccc(S(=O)(=O)Nc2ccc(C(=O)CSC(C)=O)cc2)c(OC)c1. The maximum absolute atomic E-state index is 12.6. The minimum absolute atomic E-state index is 0.0381. The number of hydrogen-bond donors (Lipinski definition) is 1. The van der Waals surface area contributed by atoms with Crippen LogP contribution in [0.5, 0.6) is 11.5 Å². The average molecular weight is 409 g/mol. The molecule has 0 bridgehead atoms. The van der Waals surface area contributed by atoms with Crippen molar-refractivity contribution in [3.05, 3.63) is 48.0 Å². The van der Waals surface area contributed by atoms with Gasteiger partial charge in [0.15, 0.2) is 10.9 Å². The molecule has 0 amide bonds. The second kappa shape index (κ2) is 8.92. The topological polar surface area (TPSA) is 98.8 Å². The Balaban J connectivity index is 2.18. The zero-order valence-corrected chi connectivity index (χ0v) is 16.6. The molecular weight excluding hydrogens is 390 g/mol. The van der Waals surface area contributed by atoms with Crippen molar-refractivity contribution < 1.29 is 27.5 Å². The lowest BCUT2D eigenvalue weighted by molar-refractivity contribution is -0.109. The van der Waals surface area contributed by atoms with Crippen LogP contribution in [0.15, 0.2) is 47.4 Å². The standard InChI is InChI=1S/C18H19NO6S2/c1-12(20)26-11-16(21)13-4-6-14(7-5-13)19-27(22,23)18-9-8-15(24-2)10-17(18)25-3/h4-10,19H,11H2,1-3H3. The molecule has 0 saturated heterocycles. The number of carbonyl (C=O) groups excluding carboxylic acids is 2. The van der Waals surface area contributed by atoms with Crippen LogP contribution in [0, 0.1) is 0 Å². The van der Waals surface area contributed by atoms with Gasteiger partial charge in [-0.2, -0.15) is 0 Å². The number of carbonyl (C=O) groups is 2. The maximum Gasteiger partial charge on any atom is 0.265 e. The Morgan fingerprint density at radius 2 is 1.70 bits per heavy atom. The van der Waals surface area contributed by atoms with Gasteiger partial charge >= 0.3 is 0 Å². The van der Waals surface area contributed by atoms with E-state index >= 15 is 0 Å². The fourth-order valence-electron chi connectivity index (χ4n) is 2.18. The number of anilines is 1. The fraction of sp³-hybridized carbons (Fsp3) is 0.222. The van der Waals surface area contributed by atoms with Crippen molar-refractivity contribution in [3.63, 3.8) is 0 Å². The molecule has 27 heavy (non-hydrogen) atoms. The molecule has 2 aromatic carbocycles. The van der Waals surface area contributed by atoms with E-state index in [1.165, 1.54) is 63.6 Å². The van der Waals surface area contributed by atoms with Gasteiger partial charge in [0, 0.05) is 24.2 Å². The molecule has 0 heterocycles. The molecule has 0 aliphatic carbocycles. The number of nitrogens with one attached hydrogen (secondary N) is 1. The van der Waals surface area contributed by atoms with E-state index in [4.69, 9.17) is 9.47 Å². The molecular formula is C18H19NO6S2. The quantitative estimate of drug-likeness (QED) is 0.669. The molecule has 0 unspecified atom stereocenters. The molecule has 0 aromatic heterocycles. The van der Waals surface area contributed by atoms with Crippen molar-refractivity contribution in [2.75, 3.05) is 24.7 Å². The normalized spacial score (nSPS) is 10.9. The Bertz CT molecular complexity index is 939. The van der Waals surface area contributed by atoms with E-state index in [1.807, 2.05) is 0 Å². The van der Waals surface area contributed by atoms with Crippen LogP contribution in [0.2, 0.25) is 0 Å². The highest BCUT2D eigenvalue weighted by atomic mass is 32.2. The van der Waals surface area contributed by atoms with Gasteiger partial charge in [0.2, 0.25) is 0 Å². The molecule has 2 rings (SSSR count). The van der Waals surface area contributed by atoms with Crippen LogP contribution in [0.25, 0.3) is 0 Å². The monoisotopic (exact) mass is 409 g/mol. The first kappa shape index (κ1) is 20.8. The summed E-state index contributed by atoms with van der Waals surface area (Å²) in [4.78, 5) is 22.9. The van der Waals surface area contributed by atoms with Gasteiger partial charge in [-0.05, 0) is 36.4 Å². The average Bonchev–Trinajstić information content (AvgIpc) is 2.65. The summed E-state index contributed by atoms with van der Waals surface area (Å²) in [6.07, 6.45) is 0. The first-order valence-electron chi connectivity index (χ1n) is 7.78. The minimum atomic E-state index is -3.90. The van der Waals surface area contributed by atoms with Crippen molar-refractivity contribution >= 4 is 38.4 Å². The number of sulfonamides is 1. The van der Waals surface area contributed by atoms with E-state index in [2.05, 4.69) is 4.72 Å². The summed E-state index contributed by atoms with van der Waals surface area (Å²) >= 11 is 0.929. The summed E-state index contributed by atoms with van der Waals surface area (Å²) in [6.45, 7) is 1.39. The van der Waals surface area contributed by atoms with E-state index in [9.17, 15) is 18.0 Å². The smallest absolute Gasteiger partial charge is 0.265 e. The number of methoxy groups -OCH3 is 2. The van der Waals surface area contributed by atoms with Crippen molar-refractivity contribution in [1.82, 2.24) is 0 Å². The van der Waals surface area contributed by atoms with Crippen LogP contribution in [0.1, 0.15) is 17.3 Å². The zero-order chi connectivity index (χ0) is 20.0. The van der Waals surface area contributed by atoms with Crippen LogP contribution in [0.4, 0.5) is 5.69 Å². The van der Waals surface area contributed by atoms with Crippen LogP contribution in [-0.4, -0.2) is 39.3 Å². The van der Waals surface area contributed by atoms with Crippen molar-refractivity contribution in [1.29, 1.82) is 0 Å². The van der Waals surface area contributed by atoms with Crippen LogP contribution < -0.4 is 14.2 Å². The Morgan fingerprint density at radius 3 is 2.26 bits per heavy atom. The summed E-state index contributed by atoms with van der Waals surface area (Å²) in [5, 5.41) is -0.138. The molecule has 0 aliphatic heterocycles. The Labute approximate surface area is 162 Å². The van der Waals surface area contributed by atoms with Crippen molar-refractivity contribution in [2.45, 2.75) is 11.8 Å². The van der Waals surface area contributed by atoms with Gasteiger partial charge < -0.3 is 9.47 Å². The van der Waals surface area contributed by atoms with Gasteiger partial charge in [-0.3, -0.25) is 14.3 Å². The molecule has 0 fully saturated rings. The summed E-state index contributed by atoms with van der Waals surface area (Å²) in [5.41, 5.74) is 0.692. The van der Waals surface area contributed by atoms with E-state index in [0.29, 0.717) is 17.0 Å². The van der Waals surface area contributed by atoms with Gasteiger partial charge in [-0.25, -0.2) is 8.42 Å². The highest BCUT2D eigenvalue weighted by Gasteiger charge is 2.20. The molecule has 0 saturated carbocycles. The molecule has 9 heteroatoms. The Morgan fingerprint density at radius 1 is 1.04 bits per heavy atom. The maximum atomic E-state index is 12.6. The third-order valence-corrected chi connectivity index (χ3v) is 5.76. The van der Waals surface area contributed by atoms with Crippen LogP contribution in [-0.2, 0) is 14.8 Å². The highest BCUT2D eigenvalue weighted by molar-refractivity contribution is 8.14. The molecule has 7 nitrogen and oxygen atoms in total. The first-order chi connectivity index (χ1) is 12.8. The van der Waals surface area contributed by atoms with Gasteiger partial charge in [0.25, 0.3) is 10.0 Å². The number of thioether (sulfide) groups is 1. The lowest BCUT2D eigenvalue weighted by Crippen LogP contribution is -2.14. The number of ether oxygens (including phenoxy) is 2. The van der Waals surface area contributed by atoms with E-state index < -0.39 is 10.0 Å². The van der Waals surface area contributed by atoms with Gasteiger partial charge in [-0.1, -0.05) is 11.8 Å². The van der Waals surface area contributed by atoms with Crippen molar-refractivity contribution in [2.24, 2.45) is 0 Å². The number of hydrogen-bond acceptors (Lipinski definition) is 7. The van der Waals surface area contributed by atoms with E-state index in [0.717, 1.165) is 11.8 Å². The van der Waals surface area contributed by atoms with Gasteiger partial charge in [-0.15, -0.1) is 0 Å². The third kappa shape index (κ3) is 5.48. The van der Waals surface area contributed by atoms with Crippen LogP contribution >= 0.6 is 11.8 Å². The molecule has 0 atom stereocenters. The summed E-state index contributed by atoms with van der Waals surface area (Å²) < 4.78 is 37.9. The molecule has 0 spiro atoms. The largest absolute Gasteiger partial charge is 0.497 e. The summed E-state index contributed by atoms with van der Waals surface area (Å²) in [5.74, 6) is 0.456. The molecule has 0 radical (unpaired) electrons. The van der Waals surface area contributed by atoms with Gasteiger partial charge in [0.05, 0.1) is 20.0 Å². The molecule has 1 N–H and O–H groups in total. The minimum Gasteiger partial charge on any atom is -0.497 e. The second-order valence-corrected chi connectivity index (χ2v) is 8.21. The highest BCUT2D eigenvalue weighted by Crippen LogP contribution is 2.29. The van der Waals surface area contributed by atoms with Crippen LogP contribution in [0.3, 0.4) is 0 Å². The predicted octanol–water partition coefficient (Wildman–Crippen LogP) is 2.97. The third-order valence-electron chi connectivity index (χ3n) is 3.53. The van der Waals surface area contributed by atoms with E-state index in [1.54, 1.807) is 0 Å². The Kier molecular flexibility index (Phi) is 6.86. The van der Waals surface area contributed by atoms with Crippen molar-refractivity contribution in [3.8, 4) is 11.5 Å². The molecule has 144 valence electrons. The number of ketones is 1. The lowest BCUT2D eigenvalue weighted by atomic mass is 10.1. The van der Waals surface area contributed by atoms with Gasteiger partial charge in [0.1, 0.15) is 16.4 Å². The summed E-state index contributed by atoms with van der Waals surface area (Å²) in [7, 11) is -1.06. The fourth-order valence-corrected chi connectivity index (χ4v) is 3.89. The lowest BCUT2D eigenvalue weighted by Gasteiger charge is -2.13. The zero-order valence-electron chi connectivity index (χ0n) is 15.0.